The lowest BCUT2D eigenvalue weighted by Gasteiger charge is -2.04. The number of rotatable bonds is 7. The molecular weight excluding hydrogens is 368 g/mol. The Morgan fingerprint density at radius 2 is 2.09 bits per heavy atom. The summed E-state index contributed by atoms with van der Waals surface area (Å²) < 4.78 is 2.66. The lowest BCUT2D eigenvalue weighted by molar-refractivity contribution is 0.0948. The lowest BCUT2D eigenvalue weighted by atomic mass is 10.3. The third kappa shape index (κ3) is 5.44. The van der Waals surface area contributed by atoms with E-state index < -0.39 is 0 Å². The normalized spacial score (nSPS) is 10.1. The van der Waals surface area contributed by atoms with E-state index in [1.54, 1.807) is 16.9 Å². The number of carbonyl (C=O) groups is 1. The number of amides is 1. The van der Waals surface area contributed by atoms with Crippen LogP contribution in [0.1, 0.15) is 23.8 Å². The van der Waals surface area contributed by atoms with Crippen molar-refractivity contribution < 1.29 is 4.79 Å². The minimum Gasteiger partial charge on any atom is -0.349 e. The zero-order chi connectivity index (χ0) is 15.1. The second-order valence-electron chi connectivity index (χ2n) is 4.63. The summed E-state index contributed by atoms with van der Waals surface area (Å²) in [6.45, 7) is 4.45. The summed E-state index contributed by atoms with van der Waals surface area (Å²) in [6.07, 6.45) is 2.87. The molecule has 7 heteroatoms. The molecular formula is C15H20BrClN4O. The first-order valence-electron chi connectivity index (χ1n) is 7.01. The lowest BCUT2D eigenvalue weighted by Crippen LogP contribution is -2.32. The standard InChI is InChI=1S/C15H19BrN4O.ClH/c1-2-7-17-8-9-18-15(21)14-6-10-20(19-14)13-5-3-4-12(16)11-13;/h3-6,10-11,17H,2,7-9H2,1H3,(H,18,21);1H. The average Bonchev–Trinajstić information content (AvgIpc) is 2.97. The maximum atomic E-state index is 12.0. The first-order chi connectivity index (χ1) is 10.2. The van der Waals surface area contributed by atoms with Gasteiger partial charge in [0.2, 0.25) is 0 Å². The van der Waals surface area contributed by atoms with Crippen molar-refractivity contribution in [3.05, 3.63) is 46.7 Å². The van der Waals surface area contributed by atoms with Gasteiger partial charge in [-0.05, 0) is 37.2 Å². The van der Waals surface area contributed by atoms with Crippen LogP contribution in [0.4, 0.5) is 0 Å². The third-order valence-corrected chi connectivity index (χ3v) is 3.40. The van der Waals surface area contributed by atoms with Crippen molar-refractivity contribution in [3.8, 4) is 5.69 Å². The molecule has 1 heterocycles. The van der Waals surface area contributed by atoms with Crippen LogP contribution in [-0.4, -0.2) is 35.3 Å². The Balaban J connectivity index is 0.00000242. The molecule has 0 spiro atoms. The van der Waals surface area contributed by atoms with E-state index >= 15 is 0 Å². The fraction of sp³-hybridized carbons (Fsp3) is 0.333. The fourth-order valence-corrected chi connectivity index (χ4v) is 2.25. The quantitative estimate of drug-likeness (QED) is 0.718. The average molecular weight is 388 g/mol. The van der Waals surface area contributed by atoms with Gasteiger partial charge >= 0.3 is 0 Å². The van der Waals surface area contributed by atoms with Crippen LogP contribution < -0.4 is 10.6 Å². The molecule has 2 rings (SSSR count). The topological polar surface area (TPSA) is 58.9 Å². The minimum atomic E-state index is -0.151. The summed E-state index contributed by atoms with van der Waals surface area (Å²) in [6, 6.07) is 9.48. The van der Waals surface area contributed by atoms with Gasteiger partial charge in [0.25, 0.3) is 5.91 Å². The predicted octanol–water partition coefficient (Wildman–Crippen LogP) is 2.79. The maximum Gasteiger partial charge on any atom is 0.271 e. The van der Waals surface area contributed by atoms with Crippen LogP contribution in [0.25, 0.3) is 5.69 Å². The highest BCUT2D eigenvalue weighted by Gasteiger charge is 2.09. The molecule has 0 saturated heterocycles. The molecule has 0 unspecified atom stereocenters. The summed E-state index contributed by atoms with van der Waals surface area (Å²) in [4.78, 5) is 12.0. The van der Waals surface area contributed by atoms with Gasteiger partial charge < -0.3 is 10.6 Å². The molecule has 0 radical (unpaired) electrons. The van der Waals surface area contributed by atoms with Gasteiger partial charge in [-0.3, -0.25) is 4.79 Å². The molecule has 0 aliphatic heterocycles. The Hall–Kier alpha value is -1.37. The number of halogens is 2. The van der Waals surface area contributed by atoms with E-state index in [2.05, 4.69) is 38.6 Å². The van der Waals surface area contributed by atoms with Crippen molar-refractivity contribution in [2.24, 2.45) is 0 Å². The second kappa shape index (κ2) is 9.61. The monoisotopic (exact) mass is 386 g/mol. The number of aromatic nitrogens is 2. The van der Waals surface area contributed by atoms with E-state index in [0.29, 0.717) is 12.2 Å². The molecule has 0 bridgehead atoms. The summed E-state index contributed by atoms with van der Waals surface area (Å²) in [7, 11) is 0. The zero-order valence-electron chi connectivity index (χ0n) is 12.4. The molecule has 1 amide bonds. The van der Waals surface area contributed by atoms with E-state index in [4.69, 9.17) is 0 Å². The van der Waals surface area contributed by atoms with Crippen molar-refractivity contribution in [3.63, 3.8) is 0 Å². The van der Waals surface area contributed by atoms with Crippen LogP contribution >= 0.6 is 28.3 Å². The van der Waals surface area contributed by atoms with Crippen LogP contribution in [0.3, 0.4) is 0 Å². The van der Waals surface area contributed by atoms with Gasteiger partial charge in [0.05, 0.1) is 5.69 Å². The van der Waals surface area contributed by atoms with Crippen molar-refractivity contribution >= 4 is 34.2 Å². The molecule has 0 aliphatic rings. The maximum absolute atomic E-state index is 12.0. The van der Waals surface area contributed by atoms with Crippen LogP contribution in [-0.2, 0) is 0 Å². The number of hydrogen-bond acceptors (Lipinski definition) is 3. The summed E-state index contributed by atoms with van der Waals surface area (Å²) >= 11 is 3.42. The zero-order valence-corrected chi connectivity index (χ0v) is 14.8. The van der Waals surface area contributed by atoms with Gasteiger partial charge in [-0.1, -0.05) is 28.9 Å². The minimum absolute atomic E-state index is 0. The van der Waals surface area contributed by atoms with E-state index in [9.17, 15) is 4.79 Å². The number of benzene rings is 1. The number of nitrogens with one attached hydrogen (secondary N) is 2. The smallest absolute Gasteiger partial charge is 0.271 e. The van der Waals surface area contributed by atoms with Crippen LogP contribution in [0.5, 0.6) is 0 Å². The number of carbonyl (C=O) groups excluding carboxylic acids is 1. The van der Waals surface area contributed by atoms with Crippen molar-refractivity contribution in [1.29, 1.82) is 0 Å². The Morgan fingerprint density at radius 3 is 2.82 bits per heavy atom. The molecule has 2 N–H and O–H groups in total. The second-order valence-corrected chi connectivity index (χ2v) is 5.55. The largest absolute Gasteiger partial charge is 0.349 e. The Morgan fingerprint density at radius 1 is 1.27 bits per heavy atom. The molecule has 120 valence electrons. The third-order valence-electron chi connectivity index (χ3n) is 2.91. The van der Waals surface area contributed by atoms with E-state index in [1.165, 1.54) is 0 Å². The Labute approximate surface area is 145 Å². The SMILES string of the molecule is CCCNCCNC(=O)c1ccn(-c2cccc(Br)c2)n1.Cl. The Bertz CT molecular complexity index is 603. The van der Waals surface area contributed by atoms with Gasteiger partial charge in [-0.15, -0.1) is 12.4 Å². The van der Waals surface area contributed by atoms with Crippen molar-refractivity contribution in [1.82, 2.24) is 20.4 Å². The molecule has 1 aromatic carbocycles. The van der Waals surface area contributed by atoms with E-state index in [0.717, 1.165) is 29.7 Å². The van der Waals surface area contributed by atoms with Crippen LogP contribution in [0.2, 0.25) is 0 Å². The fourth-order valence-electron chi connectivity index (χ4n) is 1.86. The van der Waals surface area contributed by atoms with Gasteiger partial charge in [-0.2, -0.15) is 5.10 Å². The molecule has 5 nitrogen and oxygen atoms in total. The number of nitrogens with zero attached hydrogens (tertiary/aromatic N) is 2. The molecule has 0 fully saturated rings. The highest BCUT2D eigenvalue weighted by molar-refractivity contribution is 9.10. The van der Waals surface area contributed by atoms with Gasteiger partial charge in [0, 0.05) is 23.8 Å². The molecule has 1 aromatic heterocycles. The summed E-state index contributed by atoms with van der Waals surface area (Å²) in [5, 5.41) is 10.4. The van der Waals surface area contributed by atoms with Crippen molar-refractivity contribution in [2.75, 3.05) is 19.6 Å². The van der Waals surface area contributed by atoms with Crippen LogP contribution in [0.15, 0.2) is 41.0 Å². The first-order valence-corrected chi connectivity index (χ1v) is 7.80. The van der Waals surface area contributed by atoms with E-state index in [-0.39, 0.29) is 18.3 Å². The molecule has 0 atom stereocenters. The Kier molecular flexibility index (Phi) is 8.16. The van der Waals surface area contributed by atoms with Crippen LogP contribution in [0, 0.1) is 0 Å². The summed E-state index contributed by atoms with van der Waals surface area (Å²) in [5.74, 6) is -0.151. The molecule has 0 saturated carbocycles. The molecule has 2 aromatic rings. The van der Waals surface area contributed by atoms with E-state index in [1.807, 2.05) is 24.3 Å². The van der Waals surface area contributed by atoms with Crippen molar-refractivity contribution in [2.45, 2.75) is 13.3 Å². The predicted molar refractivity (Wildman–Crippen MR) is 94.0 cm³/mol. The highest BCUT2D eigenvalue weighted by atomic mass is 79.9. The van der Waals surface area contributed by atoms with Gasteiger partial charge in [0.1, 0.15) is 0 Å². The first kappa shape index (κ1) is 18.7. The highest BCUT2D eigenvalue weighted by Crippen LogP contribution is 2.14. The molecule has 0 aliphatic carbocycles. The van der Waals surface area contributed by atoms with Gasteiger partial charge in [-0.25, -0.2) is 4.68 Å². The molecule has 22 heavy (non-hydrogen) atoms. The number of hydrogen-bond donors (Lipinski definition) is 2. The summed E-state index contributed by atoms with van der Waals surface area (Å²) in [5.41, 5.74) is 1.33. The van der Waals surface area contributed by atoms with Gasteiger partial charge in [0.15, 0.2) is 5.69 Å².